The number of nitrogens with one attached hydrogen (secondary N) is 1. The number of rotatable bonds is 5. The number of methoxy groups -OCH3 is 1. The van der Waals surface area contributed by atoms with E-state index in [0.717, 1.165) is 0 Å². The van der Waals surface area contributed by atoms with E-state index in [1.165, 1.54) is 25.3 Å². The van der Waals surface area contributed by atoms with E-state index in [9.17, 15) is 14.9 Å². The lowest BCUT2D eigenvalue weighted by molar-refractivity contribution is -0.384. The van der Waals surface area contributed by atoms with E-state index in [4.69, 9.17) is 4.74 Å². The van der Waals surface area contributed by atoms with E-state index in [1.807, 2.05) is 0 Å². The van der Waals surface area contributed by atoms with Crippen LogP contribution in [0.1, 0.15) is 0 Å². The maximum atomic E-state index is 10.6. The number of anilines is 1. The topological polar surface area (TPSA) is 107 Å². The average Bonchev–Trinajstić information content (AvgIpc) is 2.47. The molecule has 0 aliphatic heterocycles. The lowest BCUT2D eigenvalue weighted by Crippen LogP contribution is -2.01. The van der Waals surface area contributed by atoms with Crippen LogP contribution >= 0.6 is 0 Å². The number of aromatic nitrogens is 2. The maximum Gasteiger partial charge on any atom is 0.318 e. The van der Waals surface area contributed by atoms with E-state index in [1.54, 1.807) is 12.1 Å². The van der Waals surface area contributed by atoms with Gasteiger partial charge >= 0.3 is 6.01 Å². The van der Waals surface area contributed by atoms with E-state index >= 15 is 0 Å². The Kier molecular flexibility index (Phi) is 3.85. The molecule has 0 saturated heterocycles. The van der Waals surface area contributed by atoms with Crippen molar-refractivity contribution in [3.05, 3.63) is 40.4 Å². The third-order valence-electron chi connectivity index (χ3n) is 2.47. The quantitative estimate of drug-likeness (QED) is 0.504. The summed E-state index contributed by atoms with van der Waals surface area (Å²) in [5.74, 6) is 0.278. The summed E-state index contributed by atoms with van der Waals surface area (Å²) in [6, 6.07) is 7.49. The molecule has 0 saturated carbocycles. The zero-order valence-electron chi connectivity index (χ0n) is 10.4. The van der Waals surface area contributed by atoms with Crippen LogP contribution in [-0.2, 0) is 4.79 Å². The van der Waals surface area contributed by atoms with Gasteiger partial charge in [-0.1, -0.05) is 0 Å². The lowest BCUT2D eigenvalue weighted by Gasteiger charge is -2.06. The molecule has 2 rings (SSSR count). The fourth-order valence-electron chi connectivity index (χ4n) is 1.55. The molecule has 0 radical (unpaired) electrons. The minimum Gasteiger partial charge on any atom is -0.467 e. The lowest BCUT2D eigenvalue weighted by atomic mass is 10.1. The first-order valence-electron chi connectivity index (χ1n) is 5.52. The molecular formula is C12H10N4O4. The Morgan fingerprint density at radius 3 is 2.55 bits per heavy atom. The number of non-ortho nitro benzene ring substituents is 1. The number of carbonyl (C=O) groups excluding carboxylic acids is 1. The Morgan fingerprint density at radius 1 is 1.30 bits per heavy atom. The van der Waals surface area contributed by atoms with Gasteiger partial charge in [0.05, 0.1) is 17.7 Å². The number of nitro groups is 1. The first kappa shape index (κ1) is 13.4. The monoisotopic (exact) mass is 274 g/mol. The molecule has 1 aromatic carbocycles. The zero-order valence-corrected chi connectivity index (χ0v) is 10.4. The van der Waals surface area contributed by atoms with Gasteiger partial charge in [-0.2, -0.15) is 9.97 Å². The van der Waals surface area contributed by atoms with Crippen LogP contribution in [0, 0.1) is 10.1 Å². The maximum absolute atomic E-state index is 10.6. The fourth-order valence-corrected chi connectivity index (χ4v) is 1.55. The molecule has 1 aromatic heterocycles. The van der Waals surface area contributed by atoms with E-state index in [2.05, 4.69) is 15.3 Å². The van der Waals surface area contributed by atoms with Gasteiger partial charge in [-0.05, 0) is 12.1 Å². The van der Waals surface area contributed by atoms with E-state index < -0.39 is 4.92 Å². The van der Waals surface area contributed by atoms with Crippen molar-refractivity contribution in [3.8, 4) is 17.3 Å². The average molecular weight is 274 g/mol. The van der Waals surface area contributed by atoms with Crippen molar-refractivity contribution in [2.45, 2.75) is 0 Å². The normalized spacial score (nSPS) is 9.85. The number of benzene rings is 1. The van der Waals surface area contributed by atoms with Crippen LogP contribution in [0.5, 0.6) is 6.01 Å². The molecule has 0 fully saturated rings. The number of ether oxygens (including phenoxy) is 1. The van der Waals surface area contributed by atoms with Crippen LogP contribution in [0.3, 0.4) is 0 Å². The highest BCUT2D eigenvalue weighted by atomic mass is 16.6. The van der Waals surface area contributed by atoms with Crippen molar-refractivity contribution in [3.63, 3.8) is 0 Å². The van der Waals surface area contributed by atoms with Crippen molar-refractivity contribution < 1.29 is 14.5 Å². The van der Waals surface area contributed by atoms with Crippen LogP contribution in [0.4, 0.5) is 11.5 Å². The SMILES string of the molecule is COc1nc(NC=O)cc(-c2ccc([N+](=O)[O-])cc2)n1. The Balaban J connectivity index is 2.42. The molecular weight excluding hydrogens is 264 g/mol. The minimum atomic E-state index is -0.482. The van der Waals surface area contributed by atoms with Crippen molar-refractivity contribution in [1.82, 2.24) is 9.97 Å². The number of nitrogens with zero attached hydrogens (tertiary/aromatic N) is 3. The molecule has 0 atom stereocenters. The highest BCUT2D eigenvalue weighted by molar-refractivity contribution is 5.72. The molecule has 0 bridgehead atoms. The highest BCUT2D eigenvalue weighted by Gasteiger charge is 2.09. The molecule has 8 heteroatoms. The summed E-state index contributed by atoms with van der Waals surface area (Å²) in [6.07, 6.45) is 0.487. The summed E-state index contributed by atoms with van der Waals surface area (Å²) in [5, 5.41) is 13.0. The first-order chi connectivity index (χ1) is 9.63. The third-order valence-corrected chi connectivity index (χ3v) is 2.47. The fraction of sp³-hybridized carbons (Fsp3) is 0.0833. The van der Waals surface area contributed by atoms with Gasteiger partial charge in [0.1, 0.15) is 5.82 Å². The van der Waals surface area contributed by atoms with Gasteiger partial charge in [-0.3, -0.25) is 14.9 Å². The van der Waals surface area contributed by atoms with Gasteiger partial charge < -0.3 is 10.1 Å². The summed E-state index contributed by atoms with van der Waals surface area (Å²) >= 11 is 0. The second kappa shape index (κ2) is 5.74. The molecule has 0 unspecified atom stereocenters. The van der Waals surface area contributed by atoms with Crippen LogP contribution in [0.2, 0.25) is 0 Å². The smallest absolute Gasteiger partial charge is 0.318 e. The number of carbonyl (C=O) groups is 1. The van der Waals surface area contributed by atoms with Crippen molar-refractivity contribution in [2.75, 3.05) is 12.4 Å². The van der Waals surface area contributed by atoms with Gasteiger partial charge in [0.2, 0.25) is 6.41 Å². The van der Waals surface area contributed by atoms with Gasteiger partial charge in [0.25, 0.3) is 5.69 Å². The molecule has 0 spiro atoms. The molecule has 2 aromatic rings. The molecule has 0 aliphatic carbocycles. The molecule has 1 N–H and O–H groups in total. The van der Waals surface area contributed by atoms with Gasteiger partial charge in [-0.15, -0.1) is 0 Å². The third kappa shape index (κ3) is 2.86. The van der Waals surface area contributed by atoms with Crippen LogP contribution in [0.25, 0.3) is 11.3 Å². The standard InChI is InChI=1S/C12H10N4O4/c1-20-12-14-10(6-11(15-12)13-7-17)8-2-4-9(5-3-8)16(18)19/h2-7H,1H3,(H,13,14,15,17). The van der Waals surface area contributed by atoms with Gasteiger partial charge in [0, 0.05) is 23.8 Å². The van der Waals surface area contributed by atoms with E-state index in [-0.39, 0.29) is 17.5 Å². The molecule has 20 heavy (non-hydrogen) atoms. The molecule has 0 aliphatic rings. The molecule has 8 nitrogen and oxygen atoms in total. The van der Waals surface area contributed by atoms with Crippen LogP contribution in [0.15, 0.2) is 30.3 Å². The Labute approximate surface area is 113 Å². The van der Waals surface area contributed by atoms with Gasteiger partial charge in [0.15, 0.2) is 0 Å². The molecule has 1 heterocycles. The number of nitro benzene ring substituents is 1. The van der Waals surface area contributed by atoms with Crippen LogP contribution in [-0.4, -0.2) is 28.4 Å². The summed E-state index contributed by atoms with van der Waals surface area (Å²) < 4.78 is 4.94. The van der Waals surface area contributed by atoms with Crippen LogP contribution < -0.4 is 10.1 Å². The second-order valence-electron chi connectivity index (χ2n) is 3.69. The van der Waals surface area contributed by atoms with Crippen molar-refractivity contribution >= 4 is 17.9 Å². The second-order valence-corrected chi connectivity index (χ2v) is 3.69. The number of hydrogen-bond acceptors (Lipinski definition) is 6. The first-order valence-corrected chi connectivity index (χ1v) is 5.52. The molecule has 1 amide bonds. The number of amides is 1. The summed E-state index contributed by atoms with van der Waals surface area (Å²) in [6.45, 7) is 0. The summed E-state index contributed by atoms with van der Waals surface area (Å²) in [5.41, 5.74) is 1.11. The predicted octanol–water partition coefficient (Wildman–Crippen LogP) is 1.63. The van der Waals surface area contributed by atoms with Crippen molar-refractivity contribution in [1.29, 1.82) is 0 Å². The zero-order chi connectivity index (χ0) is 14.5. The summed E-state index contributed by atoms with van der Waals surface area (Å²) in [4.78, 5) is 28.6. The minimum absolute atomic E-state index is 0.0130. The Hall–Kier alpha value is -3.03. The molecule has 102 valence electrons. The van der Waals surface area contributed by atoms with Gasteiger partial charge in [-0.25, -0.2) is 0 Å². The Bertz CT molecular complexity index is 642. The van der Waals surface area contributed by atoms with E-state index in [0.29, 0.717) is 17.7 Å². The number of hydrogen-bond donors (Lipinski definition) is 1. The summed E-state index contributed by atoms with van der Waals surface area (Å²) in [7, 11) is 1.40. The highest BCUT2D eigenvalue weighted by Crippen LogP contribution is 2.24. The predicted molar refractivity (Wildman–Crippen MR) is 70.4 cm³/mol. The van der Waals surface area contributed by atoms with Crippen molar-refractivity contribution in [2.24, 2.45) is 0 Å². The Morgan fingerprint density at radius 2 is 2.00 bits per heavy atom. The largest absolute Gasteiger partial charge is 0.467 e.